The minimum Gasteiger partial charge on any atom is -0.480 e. The summed E-state index contributed by atoms with van der Waals surface area (Å²) < 4.78 is 1.25. The summed E-state index contributed by atoms with van der Waals surface area (Å²) in [5, 5.41) is 14.0. The van der Waals surface area contributed by atoms with E-state index in [1.54, 1.807) is 4.90 Å². The van der Waals surface area contributed by atoms with Crippen LogP contribution in [0.2, 0.25) is 0 Å². The Morgan fingerprint density at radius 1 is 1.52 bits per heavy atom. The van der Waals surface area contributed by atoms with Crippen molar-refractivity contribution in [3.63, 3.8) is 0 Å². The van der Waals surface area contributed by atoms with Crippen LogP contribution in [0.15, 0.2) is 10.9 Å². The van der Waals surface area contributed by atoms with Crippen LogP contribution in [-0.4, -0.2) is 38.3 Å². The second kappa shape index (κ2) is 5.10. The molecular formula is C13H16N4O3S. The molecule has 1 aliphatic heterocycles. The average molecular weight is 308 g/mol. The summed E-state index contributed by atoms with van der Waals surface area (Å²) in [7, 11) is 0. The first-order chi connectivity index (χ1) is 9.97. The van der Waals surface area contributed by atoms with Crippen LogP contribution in [0.3, 0.4) is 0 Å². The smallest absolute Gasteiger partial charge is 0.326 e. The van der Waals surface area contributed by atoms with E-state index in [9.17, 15) is 14.7 Å². The molecule has 3 heterocycles. The molecule has 1 unspecified atom stereocenters. The van der Waals surface area contributed by atoms with Crippen LogP contribution in [0.1, 0.15) is 38.3 Å². The van der Waals surface area contributed by atoms with Gasteiger partial charge in [-0.05, 0) is 18.8 Å². The third-order valence-electron chi connectivity index (χ3n) is 3.63. The summed E-state index contributed by atoms with van der Waals surface area (Å²) in [5.74, 6) is -0.693. The van der Waals surface area contributed by atoms with Gasteiger partial charge in [0.1, 0.15) is 6.04 Å². The van der Waals surface area contributed by atoms with Gasteiger partial charge in [-0.25, -0.2) is 9.78 Å². The first-order valence-electron chi connectivity index (χ1n) is 6.87. The fourth-order valence-electron chi connectivity index (χ4n) is 2.48. The summed E-state index contributed by atoms with van der Waals surface area (Å²) in [6.45, 7) is 4.59. The maximum absolute atomic E-state index is 12.1. The van der Waals surface area contributed by atoms with E-state index in [0.29, 0.717) is 23.1 Å². The molecule has 0 aliphatic carbocycles. The zero-order chi connectivity index (χ0) is 15.1. The highest BCUT2D eigenvalue weighted by Crippen LogP contribution is 2.29. The van der Waals surface area contributed by atoms with Gasteiger partial charge < -0.3 is 10.0 Å². The van der Waals surface area contributed by atoms with E-state index in [2.05, 4.69) is 10.1 Å². The van der Waals surface area contributed by atoms with Crippen LogP contribution < -0.4 is 10.5 Å². The fraction of sp³-hybridized carbons (Fsp3) is 0.538. The number of carboxylic acids is 1. The largest absolute Gasteiger partial charge is 0.480 e. The summed E-state index contributed by atoms with van der Waals surface area (Å²) in [6.07, 6.45) is 1.41. The predicted molar refractivity (Wildman–Crippen MR) is 79.2 cm³/mol. The molecule has 21 heavy (non-hydrogen) atoms. The molecule has 2 aromatic heterocycles. The Morgan fingerprint density at radius 3 is 2.95 bits per heavy atom. The number of aliphatic carboxylic acids is 1. The molecule has 3 rings (SSSR count). The number of rotatable bonds is 3. The minimum absolute atomic E-state index is 0.159. The van der Waals surface area contributed by atoms with Crippen LogP contribution >= 0.6 is 11.3 Å². The quantitative estimate of drug-likeness (QED) is 0.920. The summed E-state index contributed by atoms with van der Waals surface area (Å²) in [4.78, 5) is 30.0. The van der Waals surface area contributed by atoms with Crippen LogP contribution in [0.5, 0.6) is 0 Å². The van der Waals surface area contributed by atoms with Gasteiger partial charge in [0.15, 0.2) is 0 Å². The van der Waals surface area contributed by atoms with Crippen molar-refractivity contribution in [1.82, 2.24) is 14.6 Å². The van der Waals surface area contributed by atoms with Gasteiger partial charge in [-0.3, -0.25) is 4.79 Å². The number of aromatic nitrogens is 3. The molecule has 0 amide bonds. The number of anilines is 1. The van der Waals surface area contributed by atoms with Crippen LogP contribution in [0.25, 0.3) is 4.96 Å². The van der Waals surface area contributed by atoms with Crippen LogP contribution in [0, 0.1) is 0 Å². The zero-order valence-corrected chi connectivity index (χ0v) is 12.6. The molecule has 1 fully saturated rings. The Labute approximate surface area is 124 Å². The minimum atomic E-state index is -0.852. The maximum Gasteiger partial charge on any atom is 0.326 e. The van der Waals surface area contributed by atoms with E-state index >= 15 is 0 Å². The number of nitrogens with zero attached hydrogens (tertiary/aromatic N) is 4. The van der Waals surface area contributed by atoms with Crippen molar-refractivity contribution < 1.29 is 9.90 Å². The van der Waals surface area contributed by atoms with Crippen molar-refractivity contribution in [3.05, 3.63) is 22.1 Å². The lowest BCUT2D eigenvalue weighted by Crippen LogP contribution is -2.36. The highest BCUT2D eigenvalue weighted by atomic mass is 32.1. The molecule has 1 atom stereocenters. The van der Waals surface area contributed by atoms with Crippen molar-refractivity contribution in [3.8, 4) is 0 Å². The molecule has 1 aliphatic rings. The Bertz CT molecular complexity index is 751. The summed E-state index contributed by atoms with van der Waals surface area (Å²) in [6, 6.07) is 0.922. The third-order valence-corrected chi connectivity index (χ3v) is 4.57. The SMILES string of the molecule is CC(C)c1cc(=O)n2nc(N3CCCC3C(=O)O)sc2n1. The molecule has 0 aromatic carbocycles. The number of carbonyl (C=O) groups is 1. The zero-order valence-electron chi connectivity index (χ0n) is 11.8. The van der Waals surface area contributed by atoms with Gasteiger partial charge in [0, 0.05) is 12.6 Å². The van der Waals surface area contributed by atoms with E-state index in [1.165, 1.54) is 21.9 Å². The molecule has 0 bridgehead atoms. The second-order valence-electron chi connectivity index (χ2n) is 5.44. The fourth-order valence-corrected chi connectivity index (χ4v) is 3.47. The lowest BCUT2D eigenvalue weighted by Gasteiger charge is -2.19. The Morgan fingerprint density at radius 2 is 2.29 bits per heavy atom. The Kier molecular flexibility index (Phi) is 3.40. The number of hydrogen-bond acceptors (Lipinski definition) is 6. The van der Waals surface area contributed by atoms with E-state index in [4.69, 9.17) is 0 Å². The van der Waals surface area contributed by atoms with Crippen molar-refractivity contribution in [1.29, 1.82) is 0 Å². The molecule has 0 radical (unpaired) electrons. The topological polar surface area (TPSA) is 87.8 Å². The lowest BCUT2D eigenvalue weighted by molar-refractivity contribution is -0.138. The maximum atomic E-state index is 12.1. The normalized spacial score (nSPS) is 18.8. The van der Waals surface area contributed by atoms with Gasteiger partial charge >= 0.3 is 5.97 Å². The van der Waals surface area contributed by atoms with Crippen molar-refractivity contribution in [2.75, 3.05) is 11.4 Å². The highest BCUT2D eigenvalue weighted by Gasteiger charge is 2.33. The molecule has 112 valence electrons. The van der Waals surface area contributed by atoms with Crippen LogP contribution in [-0.2, 0) is 4.79 Å². The van der Waals surface area contributed by atoms with Gasteiger partial charge in [0.05, 0.1) is 5.69 Å². The first kappa shape index (κ1) is 14.0. The average Bonchev–Trinajstić information content (AvgIpc) is 3.04. The Hall–Kier alpha value is -1.96. The molecule has 7 nitrogen and oxygen atoms in total. The number of carboxylic acid groups (broad SMARTS) is 1. The van der Waals surface area contributed by atoms with E-state index in [0.717, 1.165) is 12.1 Å². The molecule has 8 heteroatoms. The van der Waals surface area contributed by atoms with Crippen molar-refractivity contribution in [2.24, 2.45) is 0 Å². The van der Waals surface area contributed by atoms with E-state index < -0.39 is 12.0 Å². The first-order valence-corrected chi connectivity index (χ1v) is 7.69. The van der Waals surface area contributed by atoms with Gasteiger partial charge in [-0.15, -0.1) is 5.10 Å². The molecule has 0 saturated carbocycles. The molecule has 1 saturated heterocycles. The molecule has 2 aromatic rings. The lowest BCUT2D eigenvalue weighted by atomic mass is 10.1. The van der Waals surface area contributed by atoms with Crippen molar-refractivity contribution >= 4 is 27.4 Å². The summed E-state index contributed by atoms with van der Waals surface area (Å²) in [5.41, 5.74) is 0.503. The summed E-state index contributed by atoms with van der Waals surface area (Å²) >= 11 is 1.26. The van der Waals surface area contributed by atoms with Crippen LogP contribution in [0.4, 0.5) is 5.13 Å². The van der Waals surface area contributed by atoms with Gasteiger partial charge in [0.2, 0.25) is 10.1 Å². The Balaban J connectivity index is 2.07. The third kappa shape index (κ3) is 2.39. The monoisotopic (exact) mass is 308 g/mol. The highest BCUT2D eigenvalue weighted by molar-refractivity contribution is 7.20. The van der Waals surface area contributed by atoms with Crippen molar-refractivity contribution in [2.45, 2.75) is 38.6 Å². The second-order valence-corrected chi connectivity index (χ2v) is 6.38. The van der Waals surface area contributed by atoms with E-state index in [1.807, 2.05) is 13.8 Å². The van der Waals surface area contributed by atoms with Gasteiger partial charge in [-0.2, -0.15) is 4.52 Å². The predicted octanol–water partition coefficient (Wildman–Crippen LogP) is 1.33. The number of fused-ring (bicyclic) bond motifs is 1. The van der Waals surface area contributed by atoms with Gasteiger partial charge in [0.25, 0.3) is 5.56 Å². The van der Waals surface area contributed by atoms with Gasteiger partial charge in [-0.1, -0.05) is 25.2 Å². The molecule has 1 N–H and O–H groups in total. The number of hydrogen-bond donors (Lipinski definition) is 1. The standard InChI is InChI=1S/C13H16N4O3S/c1-7(2)8-6-10(18)17-12(14-8)21-13(15-17)16-5-3-4-9(16)11(19)20/h6-7,9H,3-5H2,1-2H3,(H,19,20). The van der Waals surface area contributed by atoms with E-state index in [-0.39, 0.29) is 11.5 Å². The molecular weight excluding hydrogens is 292 g/mol. The molecule has 0 spiro atoms.